The third kappa shape index (κ3) is 3.85. The first kappa shape index (κ1) is 19.5. The van der Waals surface area contributed by atoms with Gasteiger partial charge in [0.15, 0.2) is 0 Å². The van der Waals surface area contributed by atoms with E-state index in [0.29, 0.717) is 30.4 Å². The number of amides is 2. The fourth-order valence-electron chi connectivity index (χ4n) is 4.19. The van der Waals surface area contributed by atoms with Crippen molar-refractivity contribution in [1.82, 2.24) is 24.6 Å². The van der Waals surface area contributed by atoms with Crippen molar-refractivity contribution < 1.29 is 9.59 Å². The first-order valence-corrected chi connectivity index (χ1v) is 10.7. The van der Waals surface area contributed by atoms with Gasteiger partial charge in [-0.2, -0.15) is 5.10 Å². The summed E-state index contributed by atoms with van der Waals surface area (Å²) in [6.07, 6.45) is 3.98. The summed E-state index contributed by atoms with van der Waals surface area (Å²) in [5.41, 5.74) is 8.16. The van der Waals surface area contributed by atoms with Gasteiger partial charge < -0.3 is 15.5 Å². The van der Waals surface area contributed by atoms with E-state index in [4.69, 9.17) is 10.8 Å². The Morgan fingerprint density at radius 2 is 1.97 bits per heavy atom. The number of likely N-dealkylation sites (N-methyl/N-ethyl adjacent to an activating group) is 1. The molecule has 2 amide bonds. The van der Waals surface area contributed by atoms with Gasteiger partial charge in [-0.25, -0.2) is 4.98 Å². The molecule has 1 saturated carbocycles. The number of carbonyl (C=O) groups excluding carboxylic acids is 2. The molecule has 3 aromatic rings. The van der Waals surface area contributed by atoms with Crippen LogP contribution in [0.25, 0.3) is 10.9 Å². The predicted molar refractivity (Wildman–Crippen MR) is 117 cm³/mol. The summed E-state index contributed by atoms with van der Waals surface area (Å²) in [4.78, 5) is 33.0. The average molecular weight is 419 g/mol. The quantitative estimate of drug-likeness (QED) is 0.661. The van der Waals surface area contributed by atoms with Crippen molar-refractivity contribution >= 4 is 28.5 Å². The predicted octanol–water partition coefficient (Wildman–Crippen LogP) is 2.12. The van der Waals surface area contributed by atoms with Crippen molar-refractivity contribution in [2.24, 2.45) is 5.92 Å². The Kier molecular flexibility index (Phi) is 4.84. The van der Waals surface area contributed by atoms with E-state index in [9.17, 15) is 9.59 Å². The van der Waals surface area contributed by atoms with Crippen LogP contribution < -0.4 is 5.73 Å². The molecule has 1 saturated heterocycles. The summed E-state index contributed by atoms with van der Waals surface area (Å²) in [7, 11) is 1.87. The molecule has 0 atom stereocenters. The van der Waals surface area contributed by atoms with Gasteiger partial charge in [-0.3, -0.25) is 14.3 Å². The SMILES string of the molecule is CN(CC1CC1)C(=O)Cn1nc(C2CN(C(=O)c3ccnc(N)c3)C2)c2ccccc21. The van der Waals surface area contributed by atoms with Crippen molar-refractivity contribution in [3.05, 3.63) is 53.9 Å². The van der Waals surface area contributed by atoms with Crippen molar-refractivity contribution in [1.29, 1.82) is 0 Å². The molecule has 1 aliphatic heterocycles. The van der Waals surface area contributed by atoms with E-state index in [1.807, 2.05) is 40.9 Å². The average Bonchev–Trinajstić information content (AvgIpc) is 3.48. The number of anilines is 1. The van der Waals surface area contributed by atoms with E-state index in [1.54, 1.807) is 23.2 Å². The van der Waals surface area contributed by atoms with Crippen LogP contribution in [0.5, 0.6) is 0 Å². The fraction of sp³-hybridized carbons (Fsp3) is 0.391. The second-order valence-corrected chi connectivity index (χ2v) is 8.65. The van der Waals surface area contributed by atoms with Crippen LogP contribution in [0.3, 0.4) is 0 Å². The summed E-state index contributed by atoms with van der Waals surface area (Å²) in [6.45, 7) is 2.24. The molecule has 0 bridgehead atoms. The monoisotopic (exact) mass is 418 g/mol. The van der Waals surface area contributed by atoms with E-state index in [-0.39, 0.29) is 24.3 Å². The molecule has 160 valence electrons. The number of carbonyl (C=O) groups is 2. The highest BCUT2D eigenvalue weighted by Crippen LogP contribution is 2.33. The molecule has 8 heteroatoms. The fourth-order valence-corrected chi connectivity index (χ4v) is 4.19. The van der Waals surface area contributed by atoms with Crippen LogP contribution in [-0.4, -0.2) is 63.1 Å². The summed E-state index contributed by atoms with van der Waals surface area (Å²) < 4.78 is 1.81. The number of benzene rings is 1. The van der Waals surface area contributed by atoms with E-state index in [1.165, 1.54) is 12.8 Å². The molecule has 2 fully saturated rings. The lowest BCUT2D eigenvalue weighted by molar-refractivity contribution is -0.130. The Morgan fingerprint density at radius 1 is 1.19 bits per heavy atom. The Hall–Kier alpha value is -3.42. The largest absolute Gasteiger partial charge is 0.384 e. The number of nitrogen functional groups attached to an aromatic ring is 1. The number of nitrogens with two attached hydrogens (primary N) is 1. The third-order valence-corrected chi connectivity index (χ3v) is 6.21. The minimum Gasteiger partial charge on any atom is -0.384 e. The lowest BCUT2D eigenvalue weighted by Crippen LogP contribution is -2.48. The maximum atomic E-state index is 12.7. The number of aromatic nitrogens is 3. The highest BCUT2D eigenvalue weighted by Gasteiger charge is 2.35. The van der Waals surface area contributed by atoms with Gasteiger partial charge >= 0.3 is 0 Å². The van der Waals surface area contributed by atoms with E-state index in [0.717, 1.165) is 23.1 Å². The van der Waals surface area contributed by atoms with Gasteiger partial charge in [0.2, 0.25) is 5.91 Å². The molecule has 3 heterocycles. The topological polar surface area (TPSA) is 97.4 Å². The van der Waals surface area contributed by atoms with E-state index < -0.39 is 0 Å². The molecular formula is C23H26N6O2. The second-order valence-electron chi connectivity index (χ2n) is 8.65. The molecule has 5 rings (SSSR count). The van der Waals surface area contributed by atoms with Crippen molar-refractivity contribution in [2.75, 3.05) is 32.4 Å². The third-order valence-electron chi connectivity index (χ3n) is 6.21. The maximum absolute atomic E-state index is 12.7. The van der Waals surface area contributed by atoms with Crippen LogP contribution in [0.1, 0.15) is 34.8 Å². The number of nitrogens with zero attached hydrogens (tertiary/aromatic N) is 5. The molecule has 8 nitrogen and oxygen atoms in total. The Bertz CT molecular complexity index is 1150. The number of rotatable bonds is 6. The maximum Gasteiger partial charge on any atom is 0.254 e. The number of fused-ring (bicyclic) bond motifs is 1. The van der Waals surface area contributed by atoms with Gasteiger partial charge in [-0.15, -0.1) is 0 Å². The Labute approximate surface area is 180 Å². The van der Waals surface area contributed by atoms with Crippen molar-refractivity contribution in [2.45, 2.75) is 25.3 Å². The van der Waals surface area contributed by atoms with Gasteiger partial charge in [0.25, 0.3) is 5.91 Å². The zero-order chi connectivity index (χ0) is 21.5. The number of hydrogen-bond donors (Lipinski definition) is 1. The summed E-state index contributed by atoms with van der Waals surface area (Å²) >= 11 is 0. The number of pyridine rings is 1. The molecule has 0 radical (unpaired) electrons. The van der Waals surface area contributed by atoms with Crippen LogP contribution in [-0.2, 0) is 11.3 Å². The molecule has 0 spiro atoms. The Morgan fingerprint density at radius 3 is 2.71 bits per heavy atom. The minimum atomic E-state index is -0.0500. The zero-order valence-electron chi connectivity index (χ0n) is 17.6. The number of likely N-dealkylation sites (tertiary alicyclic amines) is 1. The van der Waals surface area contributed by atoms with Crippen LogP contribution >= 0.6 is 0 Å². The van der Waals surface area contributed by atoms with Gasteiger partial charge in [0, 0.05) is 49.7 Å². The van der Waals surface area contributed by atoms with Crippen molar-refractivity contribution in [3.63, 3.8) is 0 Å². The van der Waals surface area contributed by atoms with Crippen LogP contribution in [0.4, 0.5) is 5.82 Å². The van der Waals surface area contributed by atoms with E-state index >= 15 is 0 Å². The second kappa shape index (κ2) is 7.68. The Balaban J connectivity index is 1.32. The van der Waals surface area contributed by atoms with Crippen molar-refractivity contribution in [3.8, 4) is 0 Å². The lowest BCUT2D eigenvalue weighted by Gasteiger charge is -2.38. The van der Waals surface area contributed by atoms with Crippen LogP contribution in [0.2, 0.25) is 0 Å². The van der Waals surface area contributed by atoms with Gasteiger partial charge in [-0.05, 0) is 37.0 Å². The normalized spacial score (nSPS) is 16.4. The molecule has 1 aliphatic carbocycles. The standard InChI is InChI=1S/C23H26N6O2/c1-27(11-15-6-7-15)21(30)14-29-19-5-3-2-4-18(19)22(26-29)17-12-28(13-17)23(31)16-8-9-25-20(24)10-16/h2-5,8-10,15,17H,6-7,11-14H2,1H3,(H2,24,25). The minimum absolute atomic E-state index is 0.0500. The highest BCUT2D eigenvalue weighted by atomic mass is 16.2. The molecule has 2 aliphatic rings. The summed E-state index contributed by atoms with van der Waals surface area (Å²) in [5, 5.41) is 5.86. The summed E-state index contributed by atoms with van der Waals surface area (Å²) in [5.74, 6) is 1.17. The smallest absolute Gasteiger partial charge is 0.254 e. The first-order valence-electron chi connectivity index (χ1n) is 10.7. The molecule has 0 unspecified atom stereocenters. The molecule has 2 N–H and O–H groups in total. The van der Waals surface area contributed by atoms with Crippen LogP contribution in [0, 0.1) is 5.92 Å². The highest BCUT2D eigenvalue weighted by molar-refractivity contribution is 5.95. The van der Waals surface area contributed by atoms with Gasteiger partial charge in [0.05, 0.1) is 11.2 Å². The summed E-state index contributed by atoms with van der Waals surface area (Å²) in [6, 6.07) is 11.3. The van der Waals surface area contributed by atoms with Gasteiger partial charge in [-0.1, -0.05) is 18.2 Å². The molecule has 31 heavy (non-hydrogen) atoms. The van der Waals surface area contributed by atoms with Gasteiger partial charge in [0.1, 0.15) is 12.4 Å². The number of para-hydroxylation sites is 1. The van der Waals surface area contributed by atoms with E-state index in [2.05, 4.69) is 4.98 Å². The van der Waals surface area contributed by atoms with Crippen LogP contribution in [0.15, 0.2) is 42.6 Å². The molecule has 2 aromatic heterocycles. The zero-order valence-corrected chi connectivity index (χ0v) is 17.6. The first-order chi connectivity index (χ1) is 15.0. The lowest BCUT2D eigenvalue weighted by atomic mass is 9.93. The molecular weight excluding hydrogens is 392 g/mol. The molecule has 1 aromatic carbocycles. The number of hydrogen-bond acceptors (Lipinski definition) is 5.